The van der Waals surface area contributed by atoms with Crippen molar-refractivity contribution in [1.82, 2.24) is 4.31 Å². The van der Waals surface area contributed by atoms with E-state index < -0.39 is 28.7 Å². The molecule has 7 nitrogen and oxygen atoms in total. The standard InChI is InChI=1S/C37H44ClNO6S/c1-24(2)28-19-26(5)35(32(21-28)44-23-34(40)41)36-31(25(3)4)22-37(33(45-36)20-27-9-7-6-8-10-27)15-17-39(18-16-37)46(42,43)30-13-11-29(38)12-14-30/h6-14,19,21,24,31,33,36H,3,15-18,20,22-23H2,1-2,4-5H3,(H,40,41)/t31-,33+,36+/m0/s1. The van der Waals surface area contributed by atoms with Crippen molar-refractivity contribution < 1.29 is 27.8 Å². The minimum atomic E-state index is -3.68. The van der Waals surface area contributed by atoms with Crippen LogP contribution in [0.1, 0.15) is 74.3 Å². The number of aliphatic carboxylic acids is 1. The summed E-state index contributed by atoms with van der Waals surface area (Å²) in [7, 11) is -3.68. The monoisotopic (exact) mass is 665 g/mol. The Bertz CT molecular complexity index is 1660. The lowest BCUT2D eigenvalue weighted by Gasteiger charge is -2.54. The highest BCUT2D eigenvalue weighted by atomic mass is 35.5. The van der Waals surface area contributed by atoms with Gasteiger partial charge in [-0.15, -0.1) is 0 Å². The Morgan fingerprint density at radius 3 is 2.35 bits per heavy atom. The molecule has 46 heavy (non-hydrogen) atoms. The maximum Gasteiger partial charge on any atom is 0.341 e. The zero-order valence-electron chi connectivity index (χ0n) is 27.0. The average molecular weight is 666 g/mol. The molecule has 0 bridgehead atoms. The molecule has 1 N–H and O–H groups in total. The highest BCUT2D eigenvalue weighted by molar-refractivity contribution is 7.89. The van der Waals surface area contributed by atoms with Gasteiger partial charge in [-0.3, -0.25) is 0 Å². The fraction of sp³-hybridized carbons (Fsp3) is 0.432. The fourth-order valence-electron chi connectivity index (χ4n) is 7.09. The van der Waals surface area contributed by atoms with Gasteiger partial charge < -0.3 is 14.6 Å². The Hall–Kier alpha value is -3.17. The number of piperidine rings is 1. The summed E-state index contributed by atoms with van der Waals surface area (Å²) >= 11 is 6.03. The van der Waals surface area contributed by atoms with E-state index in [9.17, 15) is 18.3 Å². The third kappa shape index (κ3) is 7.20. The first-order valence-corrected chi connectivity index (χ1v) is 17.7. The van der Waals surface area contributed by atoms with Gasteiger partial charge in [-0.1, -0.05) is 74.0 Å². The molecule has 2 heterocycles. The Labute approximate surface area is 278 Å². The number of halogens is 1. The predicted molar refractivity (Wildman–Crippen MR) is 181 cm³/mol. The van der Waals surface area contributed by atoms with Gasteiger partial charge in [-0.25, -0.2) is 13.2 Å². The number of hydrogen-bond acceptors (Lipinski definition) is 5. The lowest BCUT2D eigenvalue weighted by molar-refractivity contribution is -0.166. The molecule has 3 aromatic carbocycles. The smallest absolute Gasteiger partial charge is 0.341 e. The maximum absolute atomic E-state index is 13.6. The van der Waals surface area contributed by atoms with E-state index in [0.717, 1.165) is 34.2 Å². The Kier molecular flexibility index (Phi) is 10.3. The number of ether oxygens (including phenoxy) is 2. The number of nitrogens with zero attached hydrogens (tertiary/aromatic N) is 1. The van der Waals surface area contributed by atoms with Crippen molar-refractivity contribution in [3.05, 3.63) is 106 Å². The summed E-state index contributed by atoms with van der Waals surface area (Å²) in [6.07, 6.45) is 2.09. The summed E-state index contributed by atoms with van der Waals surface area (Å²) in [6.45, 7) is 12.9. The van der Waals surface area contributed by atoms with Crippen molar-refractivity contribution >= 4 is 27.6 Å². The van der Waals surface area contributed by atoms with Gasteiger partial charge in [-0.2, -0.15) is 4.31 Å². The molecule has 2 fully saturated rings. The quantitative estimate of drug-likeness (QED) is 0.221. The van der Waals surface area contributed by atoms with Crippen molar-refractivity contribution in [2.75, 3.05) is 19.7 Å². The minimum absolute atomic E-state index is 0.0813. The molecule has 5 rings (SSSR count). The SMILES string of the molecule is C=C(C)[C@@H]1CC2(CCN(S(=O)(=O)c3ccc(Cl)cc3)CC2)[C@@H](Cc2ccccc2)O[C@H]1c1c(C)cc(C(C)C)cc1OCC(=O)O. The molecule has 246 valence electrons. The highest BCUT2D eigenvalue weighted by Crippen LogP contribution is 2.55. The van der Waals surface area contributed by atoms with Crippen LogP contribution in [0, 0.1) is 18.3 Å². The van der Waals surface area contributed by atoms with Crippen LogP contribution in [0.25, 0.3) is 0 Å². The maximum atomic E-state index is 13.6. The molecular formula is C37H44ClNO6S. The first kappa shape index (κ1) is 34.2. The van der Waals surface area contributed by atoms with Crippen molar-refractivity contribution in [2.45, 2.75) is 76.4 Å². The van der Waals surface area contributed by atoms with E-state index in [-0.39, 0.29) is 28.3 Å². The summed E-state index contributed by atoms with van der Waals surface area (Å²) in [5.41, 5.74) is 4.72. The van der Waals surface area contributed by atoms with E-state index in [1.165, 1.54) is 0 Å². The van der Waals surface area contributed by atoms with Crippen molar-refractivity contribution in [3.63, 3.8) is 0 Å². The van der Waals surface area contributed by atoms with E-state index in [1.807, 2.05) is 38.1 Å². The number of carbonyl (C=O) groups is 1. The zero-order valence-corrected chi connectivity index (χ0v) is 28.6. The Morgan fingerprint density at radius 1 is 1.11 bits per heavy atom. The summed E-state index contributed by atoms with van der Waals surface area (Å²) in [5, 5.41) is 9.97. The summed E-state index contributed by atoms with van der Waals surface area (Å²) < 4.78 is 41.9. The number of aryl methyl sites for hydroxylation is 1. The molecule has 0 unspecified atom stereocenters. The van der Waals surface area contributed by atoms with Crippen molar-refractivity contribution in [1.29, 1.82) is 0 Å². The zero-order chi connectivity index (χ0) is 33.2. The lowest BCUT2D eigenvalue weighted by Crippen LogP contribution is -2.53. The van der Waals surface area contributed by atoms with E-state index >= 15 is 0 Å². The van der Waals surface area contributed by atoms with Gasteiger partial charge in [0.25, 0.3) is 0 Å². The number of sulfonamides is 1. The molecule has 3 aromatic rings. The third-order valence-electron chi connectivity index (χ3n) is 9.73. The van der Waals surface area contributed by atoms with Crippen molar-refractivity contribution in [2.24, 2.45) is 11.3 Å². The van der Waals surface area contributed by atoms with Crippen LogP contribution in [0.2, 0.25) is 5.02 Å². The summed E-state index contributed by atoms with van der Waals surface area (Å²) in [4.78, 5) is 11.8. The number of benzene rings is 3. The molecule has 0 amide bonds. The van der Waals surface area contributed by atoms with Crippen LogP contribution >= 0.6 is 11.6 Å². The van der Waals surface area contributed by atoms with Crippen LogP contribution in [-0.2, 0) is 26.0 Å². The number of rotatable bonds is 10. The predicted octanol–water partition coefficient (Wildman–Crippen LogP) is 7.97. The fourth-order valence-corrected chi connectivity index (χ4v) is 8.66. The van der Waals surface area contributed by atoms with Crippen LogP contribution in [0.15, 0.2) is 83.8 Å². The second-order valence-electron chi connectivity index (χ2n) is 13.2. The van der Waals surface area contributed by atoms with Gasteiger partial charge in [0.1, 0.15) is 5.75 Å². The molecule has 0 aromatic heterocycles. The second kappa shape index (κ2) is 13.9. The summed E-state index contributed by atoms with van der Waals surface area (Å²) in [5.74, 6) is -0.365. The van der Waals surface area contributed by atoms with Gasteiger partial charge in [0.2, 0.25) is 10.0 Å². The molecule has 0 aliphatic carbocycles. The van der Waals surface area contributed by atoms with Gasteiger partial charge in [0.05, 0.1) is 17.1 Å². The average Bonchev–Trinajstić information content (AvgIpc) is 3.01. The van der Waals surface area contributed by atoms with Gasteiger partial charge in [0.15, 0.2) is 6.61 Å². The molecule has 1 spiro atoms. The van der Waals surface area contributed by atoms with Gasteiger partial charge in [-0.05, 0) is 92.5 Å². The van der Waals surface area contributed by atoms with E-state index in [1.54, 1.807) is 28.6 Å². The second-order valence-corrected chi connectivity index (χ2v) is 15.6. The molecule has 0 radical (unpaired) electrons. The molecule has 2 aliphatic rings. The van der Waals surface area contributed by atoms with Crippen LogP contribution in [0.5, 0.6) is 5.75 Å². The number of hydrogen-bond donors (Lipinski definition) is 1. The van der Waals surface area contributed by atoms with Crippen LogP contribution in [0.4, 0.5) is 0 Å². The highest BCUT2D eigenvalue weighted by Gasteiger charge is 2.52. The van der Waals surface area contributed by atoms with Crippen LogP contribution in [-0.4, -0.2) is 49.6 Å². The van der Waals surface area contributed by atoms with E-state index in [2.05, 4.69) is 38.6 Å². The Morgan fingerprint density at radius 2 is 1.76 bits per heavy atom. The molecular weight excluding hydrogens is 622 g/mol. The molecule has 2 saturated heterocycles. The van der Waals surface area contributed by atoms with Gasteiger partial charge in [0, 0.05) is 35.0 Å². The summed E-state index contributed by atoms with van der Waals surface area (Å²) in [6, 6.07) is 20.6. The lowest BCUT2D eigenvalue weighted by atomic mass is 9.63. The molecule has 9 heteroatoms. The van der Waals surface area contributed by atoms with Gasteiger partial charge >= 0.3 is 5.97 Å². The first-order valence-electron chi connectivity index (χ1n) is 15.9. The number of carboxylic acids is 1. The van der Waals surface area contributed by atoms with Crippen LogP contribution < -0.4 is 4.74 Å². The minimum Gasteiger partial charge on any atom is -0.482 e. The normalized spacial score (nSPS) is 21.7. The molecule has 2 aliphatic heterocycles. The molecule has 3 atom stereocenters. The first-order chi connectivity index (χ1) is 21.8. The topological polar surface area (TPSA) is 93.1 Å². The third-order valence-corrected chi connectivity index (χ3v) is 11.9. The Balaban J connectivity index is 1.52. The number of carboxylic acid groups (broad SMARTS) is 1. The van der Waals surface area contributed by atoms with E-state index in [0.29, 0.717) is 43.1 Å². The largest absolute Gasteiger partial charge is 0.482 e. The molecule has 0 saturated carbocycles. The van der Waals surface area contributed by atoms with Crippen LogP contribution in [0.3, 0.4) is 0 Å². The van der Waals surface area contributed by atoms with Crippen molar-refractivity contribution in [3.8, 4) is 5.75 Å². The van der Waals surface area contributed by atoms with E-state index in [4.69, 9.17) is 21.1 Å².